The van der Waals surface area contributed by atoms with E-state index in [0.29, 0.717) is 10.6 Å². The first-order valence-corrected chi connectivity index (χ1v) is 11.4. The van der Waals surface area contributed by atoms with Crippen LogP contribution in [0.4, 0.5) is 14.5 Å². The summed E-state index contributed by atoms with van der Waals surface area (Å²) < 4.78 is 55.1. The summed E-state index contributed by atoms with van der Waals surface area (Å²) >= 11 is 5.93. The lowest BCUT2D eigenvalue weighted by atomic mass is 9.93. The van der Waals surface area contributed by atoms with Crippen molar-refractivity contribution in [2.45, 2.75) is 31.0 Å². The fourth-order valence-corrected chi connectivity index (χ4v) is 5.22. The lowest BCUT2D eigenvalue weighted by Crippen LogP contribution is -2.51. The van der Waals surface area contributed by atoms with Crippen LogP contribution in [0.5, 0.6) is 0 Å². The molecule has 2 aromatic rings. The molecular weight excluding hydrogens is 466 g/mol. The number of aromatic nitrogens is 1. The number of carbonyl (C=O) groups excluding carboxylic acids is 1. The number of nitrogens with zero attached hydrogens (tertiary/aromatic N) is 2. The molecule has 3 rings (SSSR count). The standard InChI is InChI=1S/C20H23ClF2N4O4S/c1-19(10-32(29,30)20(2,23)18(24)27-19)14-7-13(4-5-15(14)22)26-17(28)16-11(9-31-3)6-12(21)8-25-16/h4-8,29-30H,9-10H2,1-3H3,(H2,24,27)(H,26,28)/t19-,20+/m0/s1. The van der Waals surface area contributed by atoms with Gasteiger partial charge in [-0.05, 0) is 38.1 Å². The van der Waals surface area contributed by atoms with Gasteiger partial charge in [-0.15, -0.1) is 0 Å². The number of methoxy groups -OCH3 is 1. The minimum atomic E-state index is -3.89. The lowest BCUT2D eigenvalue weighted by Gasteiger charge is -2.50. The number of hydrogen-bond donors (Lipinski definition) is 4. The minimum absolute atomic E-state index is 0.0654. The number of nitrogens with one attached hydrogen (secondary N) is 1. The molecule has 1 aromatic heterocycles. The summed E-state index contributed by atoms with van der Waals surface area (Å²) in [6.07, 6.45) is 1.31. The molecule has 174 valence electrons. The van der Waals surface area contributed by atoms with E-state index in [1.54, 1.807) is 6.07 Å². The average Bonchev–Trinajstić information content (AvgIpc) is 2.68. The molecule has 32 heavy (non-hydrogen) atoms. The fourth-order valence-electron chi connectivity index (χ4n) is 3.39. The maximum atomic E-state index is 14.7. The van der Waals surface area contributed by atoms with Gasteiger partial charge < -0.3 is 15.8 Å². The van der Waals surface area contributed by atoms with Crippen molar-refractivity contribution < 1.29 is 27.4 Å². The third kappa shape index (κ3) is 4.44. The van der Waals surface area contributed by atoms with E-state index in [-0.39, 0.29) is 23.6 Å². The fraction of sp³-hybridized carbons (Fsp3) is 0.350. The molecular formula is C20H23ClF2N4O4S. The predicted molar refractivity (Wildman–Crippen MR) is 121 cm³/mol. The van der Waals surface area contributed by atoms with E-state index in [4.69, 9.17) is 22.1 Å². The second kappa shape index (κ2) is 8.56. The van der Waals surface area contributed by atoms with E-state index in [1.807, 2.05) is 0 Å². The van der Waals surface area contributed by atoms with Crippen LogP contribution in [0.15, 0.2) is 35.5 Å². The Kier molecular flexibility index (Phi) is 6.51. The van der Waals surface area contributed by atoms with Gasteiger partial charge in [0.1, 0.15) is 17.1 Å². The first-order chi connectivity index (χ1) is 14.8. The van der Waals surface area contributed by atoms with Crippen molar-refractivity contribution in [1.29, 1.82) is 0 Å². The summed E-state index contributed by atoms with van der Waals surface area (Å²) in [5.41, 5.74) is 4.70. The third-order valence-corrected chi connectivity index (χ3v) is 7.78. The highest BCUT2D eigenvalue weighted by Gasteiger charge is 2.52. The van der Waals surface area contributed by atoms with Crippen LogP contribution >= 0.6 is 22.2 Å². The number of carbonyl (C=O) groups is 1. The molecule has 0 saturated heterocycles. The third-order valence-electron chi connectivity index (χ3n) is 5.17. The maximum absolute atomic E-state index is 14.7. The van der Waals surface area contributed by atoms with Crippen LogP contribution < -0.4 is 11.1 Å². The molecule has 0 bridgehead atoms. The van der Waals surface area contributed by atoms with Crippen LogP contribution in [0.25, 0.3) is 0 Å². The molecule has 0 spiro atoms. The predicted octanol–water partition coefficient (Wildman–Crippen LogP) is 4.30. The molecule has 1 aliphatic heterocycles. The van der Waals surface area contributed by atoms with E-state index in [2.05, 4.69) is 15.3 Å². The second-order valence-electron chi connectivity index (χ2n) is 7.74. The van der Waals surface area contributed by atoms with Crippen LogP contribution in [0, 0.1) is 5.82 Å². The highest BCUT2D eigenvalue weighted by atomic mass is 35.5. The smallest absolute Gasteiger partial charge is 0.274 e. The summed E-state index contributed by atoms with van der Waals surface area (Å²) in [5.74, 6) is -2.55. The second-order valence-corrected chi connectivity index (χ2v) is 10.6. The Balaban J connectivity index is 1.97. The highest BCUT2D eigenvalue weighted by molar-refractivity contribution is 8.26. The number of hydrogen-bond acceptors (Lipinski definition) is 7. The van der Waals surface area contributed by atoms with Gasteiger partial charge in [0.2, 0.25) is 0 Å². The van der Waals surface area contributed by atoms with Crippen LogP contribution in [0.2, 0.25) is 5.02 Å². The van der Waals surface area contributed by atoms with Crippen molar-refractivity contribution in [3.8, 4) is 0 Å². The van der Waals surface area contributed by atoms with E-state index in [1.165, 1.54) is 32.4 Å². The molecule has 0 saturated carbocycles. The molecule has 8 nitrogen and oxygen atoms in total. The monoisotopic (exact) mass is 488 g/mol. The Morgan fingerprint density at radius 2 is 2.06 bits per heavy atom. The van der Waals surface area contributed by atoms with E-state index in [9.17, 15) is 22.7 Å². The largest absolute Gasteiger partial charge is 0.383 e. The topological polar surface area (TPSA) is 130 Å². The number of benzene rings is 1. The van der Waals surface area contributed by atoms with Gasteiger partial charge in [-0.25, -0.2) is 13.8 Å². The van der Waals surface area contributed by atoms with Crippen LogP contribution in [-0.2, 0) is 16.9 Å². The van der Waals surface area contributed by atoms with Crippen molar-refractivity contribution >= 4 is 39.6 Å². The molecule has 0 radical (unpaired) electrons. The molecule has 2 heterocycles. The Labute approximate surface area is 190 Å². The minimum Gasteiger partial charge on any atom is -0.383 e. The van der Waals surface area contributed by atoms with Gasteiger partial charge >= 0.3 is 0 Å². The van der Waals surface area contributed by atoms with Crippen molar-refractivity contribution in [1.82, 2.24) is 4.98 Å². The van der Waals surface area contributed by atoms with Crippen molar-refractivity contribution in [2.24, 2.45) is 10.7 Å². The van der Waals surface area contributed by atoms with Gasteiger partial charge in [0.05, 0.1) is 17.4 Å². The molecule has 1 aliphatic rings. The van der Waals surface area contributed by atoms with Gasteiger partial charge in [0, 0.05) is 30.1 Å². The molecule has 5 N–H and O–H groups in total. The molecule has 0 unspecified atom stereocenters. The number of alkyl halides is 1. The highest BCUT2D eigenvalue weighted by Crippen LogP contribution is 2.60. The van der Waals surface area contributed by atoms with E-state index < -0.39 is 44.4 Å². The SMILES string of the molecule is COCc1cc(Cl)cnc1C(=O)Nc1ccc(F)c([C@]2(C)CS(O)(O)[C@@](C)(F)C(N)=N2)c1. The van der Waals surface area contributed by atoms with Gasteiger partial charge in [-0.1, -0.05) is 11.6 Å². The van der Waals surface area contributed by atoms with Gasteiger partial charge in [-0.3, -0.25) is 18.9 Å². The zero-order chi connectivity index (χ0) is 23.9. The number of nitrogens with two attached hydrogens (primary N) is 1. The zero-order valence-electron chi connectivity index (χ0n) is 17.5. The van der Waals surface area contributed by atoms with Gasteiger partial charge in [0.25, 0.3) is 10.9 Å². The Morgan fingerprint density at radius 1 is 1.38 bits per heavy atom. The number of pyridine rings is 1. The number of amides is 1. The summed E-state index contributed by atoms with van der Waals surface area (Å²) in [5, 5.41) is 0.308. The number of aliphatic imine (C=N–C) groups is 1. The first-order valence-electron chi connectivity index (χ1n) is 9.35. The molecule has 0 fully saturated rings. The van der Waals surface area contributed by atoms with Gasteiger partial charge in [-0.2, -0.15) is 10.6 Å². The van der Waals surface area contributed by atoms with Gasteiger partial charge in [0.15, 0.2) is 5.84 Å². The maximum Gasteiger partial charge on any atom is 0.274 e. The summed E-state index contributed by atoms with van der Waals surface area (Å²) in [4.78, 5) is 20.9. The Morgan fingerprint density at radius 3 is 2.69 bits per heavy atom. The van der Waals surface area contributed by atoms with E-state index in [0.717, 1.165) is 13.0 Å². The summed E-state index contributed by atoms with van der Waals surface area (Å²) in [6, 6.07) is 5.23. The number of amidine groups is 1. The summed E-state index contributed by atoms with van der Waals surface area (Å²) in [6.45, 7) is 2.42. The number of rotatable bonds is 5. The zero-order valence-corrected chi connectivity index (χ0v) is 19.1. The van der Waals surface area contributed by atoms with E-state index >= 15 is 0 Å². The quantitative estimate of drug-likeness (QED) is 0.496. The van der Waals surface area contributed by atoms with Crippen LogP contribution in [0.1, 0.15) is 35.5 Å². The molecule has 12 heteroatoms. The Hall–Kier alpha value is -2.31. The number of halogens is 3. The van der Waals surface area contributed by atoms with Crippen molar-refractivity contribution in [3.63, 3.8) is 0 Å². The first kappa shape index (κ1) is 24.3. The summed E-state index contributed by atoms with van der Waals surface area (Å²) in [7, 11) is -2.43. The van der Waals surface area contributed by atoms with Crippen molar-refractivity contribution in [3.05, 3.63) is 58.1 Å². The molecule has 1 amide bonds. The van der Waals surface area contributed by atoms with Crippen molar-refractivity contribution in [2.75, 3.05) is 18.2 Å². The number of ether oxygens (including phenoxy) is 1. The normalized spacial score (nSPS) is 25.7. The Bertz CT molecular complexity index is 1100. The number of anilines is 1. The molecule has 0 aliphatic carbocycles. The molecule has 1 aromatic carbocycles. The average molecular weight is 489 g/mol. The molecule has 2 atom stereocenters. The van der Waals surface area contributed by atoms with Crippen LogP contribution in [-0.4, -0.2) is 43.7 Å². The lowest BCUT2D eigenvalue weighted by molar-refractivity contribution is 0.101. The van der Waals surface area contributed by atoms with Crippen LogP contribution in [0.3, 0.4) is 0 Å².